The van der Waals surface area contributed by atoms with Gasteiger partial charge in [0.1, 0.15) is 17.6 Å². The van der Waals surface area contributed by atoms with Crippen LogP contribution in [-0.2, 0) is 36.8 Å². The van der Waals surface area contributed by atoms with Gasteiger partial charge >= 0.3 is 10.2 Å². The minimum absolute atomic E-state index is 0.0248. The minimum Gasteiger partial charge on any atom is -0.354 e. The van der Waals surface area contributed by atoms with Gasteiger partial charge in [0.25, 0.3) is 5.56 Å². The fourth-order valence-corrected chi connectivity index (χ4v) is 6.59. The lowest BCUT2D eigenvalue weighted by atomic mass is 10.0. The molecule has 0 bridgehead atoms. The van der Waals surface area contributed by atoms with Gasteiger partial charge in [0.05, 0.1) is 16.8 Å². The maximum absolute atomic E-state index is 15.6. The van der Waals surface area contributed by atoms with Gasteiger partial charge in [-0.15, -0.1) is 0 Å². The first-order chi connectivity index (χ1) is 20.1. The molecule has 0 unspecified atom stereocenters. The van der Waals surface area contributed by atoms with E-state index in [1.807, 2.05) is 0 Å². The normalized spacial score (nSPS) is 17.1. The molecule has 6 rings (SSSR count). The maximum Gasteiger partial charge on any atom is 0.301 e. The van der Waals surface area contributed by atoms with Crippen LogP contribution in [0, 0.1) is 11.6 Å². The lowest BCUT2D eigenvalue weighted by Gasteiger charge is -2.18. The molecule has 0 spiro atoms. The number of nitrogens with zero attached hydrogens (tertiary/aromatic N) is 4. The molecule has 14 heteroatoms. The third-order valence-electron chi connectivity index (χ3n) is 7.58. The third kappa shape index (κ3) is 5.32. The lowest BCUT2D eigenvalue weighted by Crippen LogP contribution is -2.34. The van der Waals surface area contributed by atoms with Crippen LogP contribution in [0.4, 0.5) is 24.8 Å². The second-order valence-electron chi connectivity index (χ2n) is 10.4. The zero-order valence-corrected chi connectivity index (χ0v) is 23.4. The fourth-order valence-electron chi connectivity index (χ4n) is 5.32. The number of rotatable bonds is 8. The van der Waals surface area contributed by atoms with Gasteiger partial charge in [-0.05, 0) is 47.7 Å². The molecule has 2 aliphatic heterocycles. The molecule has 4 aromatic rings. The zero-order valence-electron chi connectivity index (χ0n) is 22.6. The Morgan fingerprint density at radius 3 is 2.71 bits per heavy atom. The van der Waals surface area contributed by atoms with Crippen LogP contribution in [0.3, 0.4) is 0 Å². The van der Waals surface area contributed by atoms with Gasteiger partial charge in [0, 0.05) is 51.4 Å². The fraction of sp³-hybridized carbons (Fsp3) is 0.321. The van der Waals surface area contributed by atoms with Crippen LogP contribution in [0.1, 0.15) is 23.1 Å². The van der Waals surface area contributed by atoms with Gasteiger partial charge < -0.3 is 10.6 Å². The molecule has 0 amide bonds. The third-order valence-corrected chi connectivity index (χ3v) is 9.07. The highest BCUT2D eigenvalue weighted by atomic mass is 32.2. The zero-order chi connectivity index (χ0) is 29.6. The number of hydrogen-bond donors (Lipinski definition) is 3. The van der Waals surface area contributed by atoms with E-state index in [2.05, 4.69) is 43.5 Å². The van der Waals surface area contributed by atoms with Crippen molar-refractivity contribution in [2.24, 2.45) is 7.05 Å². The van der Waals surface area contributed by atoms with Crippen LogP contribution in [-0.4, -0.2) is 53.1 Å². The SMILES string of the molecule is Cn1c(=O)c(-c2c(F)ccc(NS(=O)(=O)N3CC[C@@H](F)C3)c2F)cc2cnc(NCCc3ccc4c(c3)CNC4)nc21. The lowest BCUT2D eigenvalue weighted by molar-refractivity contribution is 0.343. The molecule has 1 fully saturated rings. The van der Waals surface area contributed by atoms with E-state index < -0.39 is 44.8 Å². The van der Waals surface area contributed by atoms with E-state index >= 15 is 4.39 Å². The number of anilines is 2. The van der Waals surface area contributed by atoms with Crippen molar-refractivity contribution in [3.05, 3.63) is 81.3 Å². The monoisotopic (exact) mass is 599 g/mol. The number of benzene rings is 2. The number of aromatic nitrogens is 3. The smallest absolute Gasteiger partial charge is 0.301 e. The van der Waals surface area contributed by atoms with Crippen LogP contribution in [0.25, 0.3) is 22.2 Å². The number of hydrogen-bond acceptors (Lipinski definition) is 7. The van der Waals surface area contributed by atoms with E-state index in [4.69, 9.17) is 0 Å². The van der Waals surface area contributed by atoms with E-state index in [1.54, 1.807) is 0 Å². The van der Waals surface area contributed by atoms with E-state index in [9.17, 15) is 22.0 Å². The minimum atomic E-state index is -4.30. The molecule has 220 valence electrons. The Labute approximate surface area is 239 Å². The molecule has 0 radical (unpaired) electrons. The summed E-state index contributed by atoms with van der Waals surface area (Å²) in [6.07, 6.45) is 0.877. The van der Waals surface area contributed by atoms with Gasteiger partial charge in [-0.3, -0.25) is 14.1 Å². The Kier molecular flexibility index (Phi) is 7.37. The van der Waals surface area contributed by atoms with Crippen molar-refractivity contribution in [1.82, 2.24) is 24.2 Å². The Hall–Kier alpha value is -4.01. The molecule has 0 aliphatic carbocycles. The summed E-state index contributed by atoms with van der Waals surface area (Å²) in [6.45, 7) is 1.85. The van der Waals surface area contributed by atoms with Gasteiger partial charge in [0.15, 0.2) is 5.82 Å². The van der Waals surface area contributed by atoms with Crippen molar-refractivity contribution in [3.8, 4) is 11.1 Å². The van der Waals surface area contributed by atoms with Crippen LogP contribution >= 0.6 is 0 Å². The molecule has 2 aromatic carbocycles. The highest BCUT2D eigenvalue weighted by molar-refractivity contribution is 7.90. The van der Waals surface area contributed by atoms with E-state index in [1.165, 1.54) is 36.0 Å². The summed E-state index contributed by atoms with van der Waals surface area (Å²) in [5, 5.41) is 6.82. The van der Waals surface area contributed by atoms with Crippen molar-refractivity contribution in [2.45, 2.75) is 32.1 Å². The summed E-state index contributed by atoms with van der Waals surface area (Å²) in [5.41, 5.74) is 1.67. The van der Waals surface area contributed by atoms with E-state index in [-0.39, 0.29) is 30.7 Å². The molecule has 2 aliphatic rings. The summed E-state index contributed by atoms with van der Waals surface area (Å²) in [4.78, 5) is 22.0. The molecule has 4 heterocycles. The number of alkyl halides is 1. The van der Waals surface area contributed by atoms with Gasteiger partial charge in [-0.1, -0.05) is 18.2 Å². The number of pyridine rings is 1. The highest BCUT2D eigenvalue weighted by Crippen LogP contribution is 2.31. The summed E-state index contributed by atoms with van der Waals surface area (Å²) in [5.74, 6) is -2.04. The van der Waals surface area contributed by atoms with Crippen LogP contribution in [0.5, 0.6) is 0 Å². The number of fused-ring (bicyclic) bond motifs is 2. The molecule has 1 saturated heterocycles. The average Bonchev–Trinajstić information content (AvgIpc) is 3.62. The summed E-state index contributed by atoms with van der Waals surface area (Å²) in [6, 6.07) is 9.43. The standard InChI is InChI=1S/C28H28F3N7O3S/c1-37-26-19(14-34-28(35-26)33-8-6-16-2-3-17-12-32-13-18(17)10-16)11-21(27(37)39)24-22(30)4-5-23(25(24)31)36-42(40,41)38-9-7-20(29)15-38/h2-5,10-11,14,20,32,36H,6-9,12-13,15H2,1H3,(H,33,34,35)/t20-/m1/s1. The van der Waals surface area contributed by atoms with Crippen molar-refractivity contribution >= 4 is 32.9 Å². The predicted octanol–water partition coefficient (Wildman–Crippen LogP) is 3.23. The topological polar surface area (TPSA) is 121 Å². The molecule has 1 atom stereocenters. The van der Waals surface area contributed by atoms with Crippen molar-refractivity contribution in [1.29, 1.82) is 0 Å². The van der Waals surface area contributed by atoms with Crippen molar-refractivity contribution in [3.63, 3.8) is 0 Å². The molecule has 3 N–H and O–H groups in total. The summed E-state index contributed by atoms with van der Waals surface area (Å²) < 4.78 is 73.5. The molecular formula is C28H28F3N7O3S. The number of halogens is 3. The molecular weight excluding hydrogens is 571 g/mol. The van der Waals surface area contributed by atoms with Crippen molar-refractivity contribution < 1.29 is 21.6 Å². The first kappa shape index (κ1) is 28.1. The van der Waals surface area contributed by atoms with Crippen LogP contribution in [0.15, 0.2) is 47.4 Å². The molecule has 0 saturated carbocycles. The second kappa shape index (κ2) is 11.0. The summed E-state index contributed by atoms with van der Waals surface area (Å²) in [7, 11) is -2.88. The molecule has 42 heavy (non-hydrogen) atoms. The first-order valence-corrected chi connectivity index (χ1v) is 14.9. The Morgan fingerprint density at radius 1 is 1.12 bits per heavy atom. The quantitative estimate of drug-likeness (QED) is 0.284. The van der Waals surface area contributed by atoms with Gasteiger partial charge in [-0.2, -0.15) is 17.7 Å². The number of nitrogens with one attached hydrogen (secondary N) is 3. The Balaban J connectivity index is 1.25. The Morgan fingerprint density at radius 2 is 1.93 bits per heavy atom. The van der Waals surface area contributed by atoms with Crippen LogP contribution < -0.4 is 20.9 Å². The molecule has 10 nitrogen and oxygen atoms in total. The largest absolute Gasteiger partial charge is 0.354 e. The van der Waals surface area contributed by atoms with Crippen molar-refractivity contribution in [2.75, 3.05) is 29.7 Å². The van der Waals surface area contributed by atoms with Crippen LogP contribution in [0.2, 0.25) is 0 Å². The van der Waals surface area contributed by atoms with E-state index in [0.717, 1.165) is 40.5 Å². The predicted molar refractivity (Wildman–Crippen MR) is 153 cm³/mol. The highest BCUT2D eigenvalue weighted by Gasteiger charge is 2.32. The maximum atomic E-state index is 15.6. The van der Waals surface area contributed by atoms with E-state index in [0.29, 0.717) is 17.9 Å². The van der Waals surface area contributed by atoms with Gasteiger partial charge in [-0.25, -0.2) is 18.2 Å². The van der Waals surface area contributed by atoms with Gasteiger partial charge in [0.2, 0.25) is 5.95 Å². The number of aryl methyl sites for hydroxylation is 1. The summed E-state index contributed by atoms with van der Waals surface area (Å²) >= 11 is 0. The first-order valence-electron chi connectivity index (χ1n) is 13.4. The molecule has 2 aromatic heterocycles. The second-order valence-corrected chi connectivity index (χ2v) is 12.1. The Bertz CT molecular complexity index is 1870. The average molecular weight is 600 g/mol.